The molecule has 1 aliphatic rings. The molecule has 0 bridgehead atoms. The zero-order valence-corrected chi connectivity index (χ0v) is 11.6. The van der Waals surface area contributed by atoms with Gasteiger partial charge < -0.3 is 20.3 Å². The zero-order chi connectivity index (χ0) is 13.8. The Morgan fingerprint density at radius 2 is 2.17 bits per heavy atom. The van der Waals surface area contributed by atoms with Crippen molar-refractivity contribution >= 4 is 11.8 Å². The Hall–Kier alpha value is -1.14. The molecule has 2 amide bonds. The normalized spacial score (nSPS) is 20.7. The van der Waals surface area contributed by atoms with Crippen LogP contribution in [-0.4, -0.2) is 62.1 Å². The minimum Gasteiger partial charge on any atom is -0.378 e. The number of piperazine rings is 1. The third-order valence-corrected chi connectivity index (χ3v) is 3.24. The molecule has 1 aliphatic heterocycles. The van der Waals surface area contributed by atoms with E-state index in [9.17, 15) is 9.59 Å². The highest BCUT2D eigenvalue weighted by atomic mass is 16.5. The summed E-state index contributed by atoms with van der Waals surface area (Å²) in [7, 11) is 3.17. The number of hydrogen-bond acceptors (Lipinski definition) is 4. The molecule has 104 valence electrons. The summed E-state index contributed by atoms with van der Waals surface area (Å²) in [5, 5.41) is 5.72. The number of nitrogens with zero attached hydrogens (tertiary/aromatic N) is 1. The quantitative estimate of drug-likeness (QED) is 0.702. The molecule has 0 aromatic heterocycles. The molecule has 1 rings (SSSR count). The predicted octanol–water partition coefficient (Wildman–Crippen LogP) is -0.652. The molecule has 0 spiro atoms. The number of nitrogens with one attached hydrogen (secondary N) is 2. The number of carbonyl (C=O) groups is 2. The van der Waals surface area contributed by atoms with Crippen molar-refractivity contribution < 1.29 is 14.3 Å². The van der Waals surface area contributed by atoms with Crippen LogP contribution in [0.2, 0.25) is 0 Å². The van der Waals surface area contributed by atoms with E-state index in [1.807, 2.05) is 13.8 Å². The van der Waals surface area contributed by atoms with E-state index in [0.29, 0.717) is 19.6 Å². The highest BCUT2D eigenvalue weighted by molar-refractivity contribution is 5.88. The summed E-state index contributed by atoms with van der Waals surface area (Å²) in [5.41, 5.74) is -0.505. The molecule has 0 aliphatic carbocycles. The Bertz CT molecular complexity index is 318. The van der Waals surface area contributed by atoms with Gasteiger partial charge in [-0.1, -0.05) is 0 Å². The first-order valence-corrected chi connectivity index (χ1v) is 6.18. The van der Waals surface area contributed by atoms with Crippen LogP contribution in [0.4, 0.5) is 0 Å². The molecule has 6 heteroatoms. The summed E-state index contributed by atoms with van der Waals surface area (Å²) in [5.74, 6) is -0.178. The van der Waals surface area contributed by atoms with Crippen LogP contribution in [0.25, 0.3) is 0 Å². The minimum atomic E-state index is -0.505. The van der Waals surface area contributed by atoms with Gasteiger partial charge in [0.15, 0.2) is 0 Å². The Morgan fingerprint density at radius 1 is 1.50 bits per heavy atom. The van der Waals surface area contributed by atoms with Crippen molar-refractivity contribution in [2.45, 2.75) is 31.9 Å². The molecule has 1 heterocycles. The van der Waals surface area contributed by atoms with Crippen LogP contribution in [0.1, 0.15) is 20.3 Å². The van der Waals surface area contributed by atoms with Gasteiger partial charge in [0.1, 0.15) is 6.04 Å². The maximum atomic E-state index is 12.2. The molecular formula is C12H23N3O3. The van der Waals surface area contributed by atoms with E-state index in [2.05, 4.69) is 10.6 Å². The number of methoxy groups -OCH3 is 1. The predicted molar refractivity (Wildman–Crippen MR) is 68.1 cm³/mol. The van der Waals surface area contributed by atoms with Crippen LogP contribution < -0.4 is 10.6 Å². The average Bonchev–Trinajstić information content (AvgIpc) is 2.37. The van der Waals surface area contributed by atoms with Crippen molar-refractivity contribution in [3.05, 3.63) is 0 Å². The first-order valence-electron chi connectivity index (χ1n) is 6.18. The average molecular weight is 257 g/mol. The molecule has 6 nitrogen and oxygen atoms in total. The lowest BCUT2D eigenvalue weighted by atomic mass is 10.0. The second kappa shape index (κ2) is 6.15. The van der Waals surface area contributed by atoms with Gasteiger partial charge in [0.25, 0.3) is 0 Å². The first-order chi connectivity index (χ1) is 8.41. The number of rotatable bonds is 4. The lowest BCUT2D eigenvalue weighted by molar-refractivity contribution is -0.145. The number of carbonyl (C=O) groups excluding carboxylic acids is 2. The first kappa shape index (κ1) is 14.9. The largest absolute Gasteiger partial charge is 0.378 e. The van der Waals surface area contributed by atoms with Crippen molar-refractivity contribution in [1.29, 1.82) is 0 Å². The number of ether oxygens (including phenoxy) is 1. The molecule has 1 fully saturated rings. The standard InChI is InChI=1S/C12H23N3O3/c1-12(2,18-4)7-10(16)15-6-5-14-8-9(15)11(17)13-3/h9,14H,5-8H2,1-4H3,(H,13,17). The Balaban J connectivity index is 2.71. The third kappa shape index (κ3) is 3.68. The van der Waals surface area contributed by atoms with Gasteiger partial charge in [-0.05, 0) is 13.8 Å². The van der Waals surface area contributed by atoms with Gasteiger partial charge >= 0.3 is 0 Å². The van der Waals surface area contributed by atoms with E-state index >= 15 is 0 Å². The van der Waals surface area contributed by atoms with Gasteiger partial charge in [0, 0.05) is 33.8 Å². The van der Waals surface area contributed by atoms with Crippen molar-refractivity contribution in [3.63, 3.8) is 0 Å². The van der Waals surface area contributed by atoms with Crippen LogP contribution in [0.15, 0.2) is 0 Å². The van der Waals surface area contributed by atoms with E-state index in [-0.39, 0.29) is 18.2 Å². The van der Waals surface area contributed by atoms with Gasteiger partial charge in [-0.15, -0.1) is 0 Å². The SMILES string of the molecule is CNC(=O)C1CNCCN1C(=O)CC(C)(C)OC. The fourth-order valence-electron chi connectivity index (χ4n) is 1.94. The Labute approximate surface area is 108 Å². The van der Waals surface area contributed by atoms with E-state index in [0.717, 1.165) is 0 Å². The summed E-state index contributed by atoms with van der Waals surface area (Å²) >= 11 is 0. The van der Waals surface area contributed by atoms with Crippen molar-refractivity contribution in [2.75, 3.05) is 33.8 Å². The van der Waals surface area contributed by atoms with E-state index < -0.39 is 11.6 Å². The summed E-state index contributed by atoms with van der Waals surface area (Å²) in [6.07, 6.45) is 0.275. The van der Waals surface area contributed by atoms with Crippen molar-refractivity contribution in [3.8, 4) is 0 Å². The smallest absolute Gasteiger partial charge is 0.243 e. The maximum absolute atomic E-state index is 12.2. The lowest BCUT2D eigenvalue weighted by Gasteiger charge is -2.36. The van der Waals surface area contributed by atoms with E-state index in [1.54, 1.807) is 19.1 Å². The second-order valence-corrected chi connectivity index (χ2v) is 5.06. The van der Waals surface area contributed by atoms with Crippen molar-refractivity contribution in [1.82, 2.24) is 15.5 Å². The van der Waals surface area contributed by atoms with Gasteiger partial charge in [-0.25, -0.2) is 0 Å². The van der Waals surface area contributed by atoms with Crippen LogP contribution >= 0.6 is 0 Å². The maximum Gasteiger partial charge on any atom is 0.243 e. The number of hydrogen-bond donors (Lipinski definition) is 2. The summed E-state index contributed by atoms with van der Waals surface area (Å²) in [4.78, 5) is 25.6. The molecule has 0 aromatic rings. The van der Waals surface area contributed by atoms with Crippen molar-refractivity contribution in [2.24, 2.45) is 0 Å². The molecular weight excluding hydrogens is 234 g/mol. The molecule has 2 N–H and O–H groups in total. The lowest BCUT2D eigenvalue weighted by Crippen LogP contribution is -2.59. The highest BCUT2D eigenvalue weighted by Crippen LogP contribution is 2.16. The fourth-order valence-corrected chi connectivity index (χ4v) is 1.94. The number of likely N-dealkylation sites (N-methyl/N-ethyl adjacent to an activating group) is 1. The Morgan fingerprint density at radius 3 is 2.72 bits per heavy atom. The summed E-state index contributed by atoms with van der Waals surface area (Å²) < 4.78 is 5.26. The summed E-state index contributed by atoms with van der Waals surface area (Å²) in [6, 6.07) is -0.427. The molecule has 1 atom stereocenters. The minimum absolute atomic E-state index is 0.0445. The van der Waals surface area contributed by atoms with Gasteiger partial charge in [-0.3, -0.25) is 9.59 Å². The van der Waals surface area contributed by atoms with Gasteiger partial charge in [0.2, 0.25) is 11.8 Å². The summed E-state index contributed by atoms with van der Waals surface area (Å²) in [6.45, 7) is 5.49. The highest BCUT2D eigenvalue weighted by Gasteiger charge is 2.34. The zero-order valence-electron chi connectivity index (χ0n) is 11.6. The monoisotopic (exact) mass is 257 g/mol. The molecule has 0 saturated carbocycles. The van der Waals surface area contributed by atoms with E-state index in [4.69, 9.17) is 4.74 Å². The van der Waals surface area contributed by atoms with Crippen LogP contribution in [0, 0.1) is 0 Å². The van der Waals surface area contributed by atoms with Crippen LogP contribution in [0.3, 0.4) is 0 Å². The molecule has 0 aromatic carbocycles. The van der Waals surface area contributed by atoms with Crippen LogP contribution in [-0.2, 0) is 14.3 Å². The molecule has 1 unspecified atom stereocenters. The van der Waals surface area contributed by atoms with Gasteiger partial charge in [0.05, 0.1) is 12.0 Å². The fraction of sp³-hybridized carbons (Fsp3) is 0.833. The molecule has 0 radical (unpaired) electrons. The Kier molecular flexibility index (Phi) is 5.10. The topological polar surface area (TPSA) is 70.7 Å². The second-order valence-electron chi connectivity index (χ2n) is 5.06. The van der Waals surface area contributed by atoms with E-state index in [1.165, 1.54) is 0 Å². The van der Waals surface area contributed by atoms with Gasteiger partial charge in [-0.2, -0.15) is 0 Å². The van der Waals surface area contributed by atoms with Crippen LogP contribution in [0.5, 0.6) is 0 Å². The molecule has 1 saturated heterocycles. The molecule has 18 heavy (non-hydrogen) atoms. The number of amides is 2. The third-order valence-electron chi connectivity index (χ3n) is 3.24.